The third-order valence-electron chi connectivity index (χ3n) is 2.64. The van der Waals surface area contributed by atoms with E-state index in [0.717, 1.165) is 0 Å². The highest BCUT2D eigenvalue weighted by atomic mass is 16.7. The van der Waals surface area contributed by atoms with Gasteiger partial charge < -0.3 is 29.3 Å². The lowest BCUT2D eigenvalue weighted by Gasteiger charge is -2.14. The summed E-state index contributed by atoms with van der Waals surface area (Å²) in [4.78, 5) is 21.8. The van der Waals surface area contributed by atoms with E-state index < -0.39 is 11.9 Å². The molecule has 0 fully saturated rings. The topological polar surface area (TPSA) is 98.7 Å². The molecular formula is C15H10O6-2. The van der Waals surface area contributed by atoms with E-state index in [1.165, 1.54) is 36.4 Å². The molecule has 0 bridgehead atoms. The molecule has 6 nitrogen and oxygen atoms in total. The van der Waals surface area contributed by atoms with Crippen molar-refractivity contribution in [1.29, 1.82) is 0 Å². The SMILES string of the molecule is O=C([O-])c1ccccc1OCOc1ccccc1C(=O)[O-]. The molecule has 0 aliphatic carbocycles. The van der Waals surface area contributed by atoms with Crippen LogP contribution in [-0.2, 0) is 0 Å². The second-order valence-corrected chi connectivity index (χ2v) is 3.97. The minimum Gasteiger partial charge on any atom is -0.545 e. The average molecular weight is 286 g/mol. The molecule has 2 aromatic rings. The van der Waals surface area contributed by atoms with Crippen LogP contribution in [0.3, 0.4) is 0 Å². The van der Waals surface area contributed by atoms with Crippen LogP contribution in [0.5, 0.6) is 11.5 Å². The van der Waals surface area contributed by atoms with Crippen molar-refractivity contribution in [3.05, 3.63) is 59.7 Å². The Morgan fingerprint density at radius 1 is 0.762 bits per heavy atom. The molecule has 0 amide bonds. The number of carbonyl (C=O) groups is 2. The van der Waals surface area contributed by atoms with Gasteiger partial charge in [0.15, 0.2) is 0 Å². The Morgan fingerprint density at radius 3 is 1.52 bits per heavy atom. The predicted molar refractivity (Wildman–Crippen MR) is 67.7 cm³/mol. The Balaban J connectivity index is 2.06. The van der Waals surface area contributed by atoms with Crippen molar-refractivity contribution in [3.63, 3.8) is 0 Å². The second-order valence-electron chi connectivity index (χ2n) is 3.97. The van der Waals surface area contributed by atoms with Crippen LogP contribution >= 0.6 is 0 Å². The van der Waals surface area contributed by atoms with Gasteiger partial charge >= 0.3 is 0 Å². The van der Waals surface area contributed by atoms with E-state index in [-0.39, 0.29) is 29.4 Å². The molecule has 0 saturated carbocycles. The Morgan fingerprint density at radius 2 is 1.14 bits per heavy atom. The molecule has 0 N–H and O–H groups in total. The zero-order valence-electron chi connectivity index (χ0n) is 10.8. The van der Waals surface area contributed by atoms with E-state index in [1.54, 1.807) is 12.1 Å². The van der Waals surface area contributed by atoms with Crippen molar-refractivity contribution >= 4 is 11.9 Å². The Labute approximate surface area is 120 Å². The monoisotopic (exact) mass is 286 g/mol. The first kappa shape index (κ1) is 14.4. The lowest BCUT2D eigenvalue weighted by molar-refractivity contribution is -0.256. The fourth-order valence-corrected chi connectivity index (χ4v) is 1.68. The average Bonchev–Trinajstić information content (AvgIpc) is 2.48. The van der Waals surface area contributed by atoms with Gasteiger partial charge in [-0.05, 0) is 24.3 Å². The number of carboxylic acids is 2. The summed E-state index contributed by atoms with van der Waals surface area (Å²) in [6, 6.07) is 11.8. The maximum absolute atomic E-state index is 10.9. The lowest BCUT2D eigenvalue weighted by Crippen LogP contribution is -2.24. The van der Waals surface area contributed by atoms with Crippen molar-refractivity contribution in [1.82, 2.24) is 0 Å². The summed E-state index contributed by atoms with van der Waals surface area (Å²) in [5.74, 6) is -2.60. The maximum atomic E-state index is 10.9. The highest BCUT2D eigenvalue weighted by molar-refractivity contribution is 5.89. The van der Waals surface area contributed by atoms with E-state index in [1.807, 2.05) is 0 Å². The summed E-state index contributed by atoms with van der Waals surface area (Å²) >= 11 is 0. The number of ether oxygens (including phenoxy) is 2. The minimum absolute atomic E-state index is 0.0726. The van der Waals surface area contributed by atoms with Crippen LogP contribution in [0.25, 0.3) is 0 Å². The number of benzene rings is 2. The van der Waals surface area contributed by atoms with Gasteiger partial charge in [-0.15, -0.1) is 0 Å². The van der Waals surface area contributed by atoms with Crippen LogP contribution in [0, 0.1) is 0 Å². The van der Waals surface area contributed by atoms with Gasteiger partial charge in [0.1, 0.15) is 11.5 Å². The number of carboxylic acid groups (broad SMARTS) is 2. The molecule has 0 spiro atoms. The zero-order valence-corrected chi connectivity index (χ0v) is 10.8. The Hall–Kier alpha value is -3.02. The van der Waals surface area contributed by atoms with Crippen LogP contribution in [0.4, 0.5) is 0 Å². The lowest BCUT2D eigenvalue weighted by atomic mass is 10.2. The number of para-hydroxylation sites is 2. The number of hydrogen-bond acceptors (Lipinski definition) is 6. The maximum Gasteiger partial charge on any atom is 0.230 e. The van der Waals surface area contributed by atoms with E-state index in [9.17, 15) is 19.8 Å². The van der Waals surface area contributed by atoms with Crippen molar-refractivity contribution in [3.8, 4) is 11.5 Å². The molecule has 0 heterocycles. The van der Waals surface area contributed by atoms with E-state index in [2.05, 4.69) is 0 Å². The van der Waals surface area contributed by atoms with Crippen molar-refractivity contribution in [2.24, 2.45) is 0 Å². The molecule has 0 aromatic heterocycles. The molecule has 0 aliphatic heterocycles. The molecule has 108 valence electrons. The van der Waals surface area contributed by atoms with Crippen molar-refractivity contribution < 1.29 is 29.3 Å². The molecule has 2 rings (SSSR count). The molecule has 2 aromatic carbocycles. The minimum atomic E-state index is -1.37. The van der Waals surface area contributed by atoms with Crippen molar-refractivity contribution in [2.45, 2.75) is 0 Å². The van der Waals surface area contributed by atoms with Gasteiger partial charge in [-0.1, -0.05) is 24.3 Å². The summed E-state index contributed by atoms with van der Waals surface area (Å²) in [6.07, 6.45) is 0. The predicted octanol–water partition coefficient (Wildman–Crippen LogP) is -0.171. The third kappa shape index (κ3) is 3.50. The smallest absolute Gasteiger partial charge is 0.230 e. The van der Waals surface area contributed by atoms with Crippen LogP contribution in [0.15, 0.2) is 48.5 Å². The largest absolute Gasteiger partial charge is 0.545 e. The number of rotatable bonds is 6. The fraction of sp³-hybridized carbons (Fsp3) is 0.0667. The van der Waals surface area contributed by atoms with Gasteiger partial charge in [0.2, 0.25) is 6.79 Å². The quantitative estimate of drug-likeness (QED) is 0.684. The molecule has 0 unspecified atom stereocenters. The first-order valence-electron chi connectivity index (χ1n) is 5.96. The van der Waals surface area contributed by atoms with Gasteiger partial charge in [-0.3, -0.25) is 0 Å². The second kappa shape index (κ2) is 6.42. The fourth-order valence-electron chi connectivity index (χ4n) is 1.68. The van der Waals surface area contributed by atoms with Crippen LogP contribution in [-0.4, -0.2) is 18.7 Å². The molecule has 0 radical (unpaired) electrons. The number of hydrogen-bond donors (Lipinski definition) is 0. The van der Waals surface area contributed by atoms with Crippen LogP contribution in [0.1, 0.15) is 20.7 Å². The van der Waals surface area contributed by atoms with Crippen LogP contribution < -0.4 is 19.7 Å². The molecule has 6 heteroatoms. The summed E-state index contributed by atoms with van der Waals surface area (Å²) in [5.41, 5.74) is -0.233. The summed E-state index contributed by atoms with van der Waals surface area (Å²) in [6.45, 7) is -0.353. The first-order chi connectivity index (χ1) is 10.1. The number of aromatic carboxylic acids is 2. The highest BCUT2D eigenvalue weighted by Gasteiger charge is 2.06. The Bertz CT molecular complexity index is 607. The number of carbonyl (C=O) groups excluding carboxylic acids is 2. The van der Waals surface area contributed by atoms with Gasteiger partial charge in [0.05, 0.1) is 11.9 Å². The van der Waals surface area contributed by atoms with Gasteiger partial charge in [0, 0.05) is 11.1 Å². The van der Waals surface area contributed by atoms with Crippen molar-refractivity contribution in [2.75, 3.05) is 6.79 Å². The van der Waals surface area contributed by atoms with Crippen LogP contribution in [0.2, 0.25) is 0 Å². The van der Waals surface area contributed by atoms with Gasteiger partial charge in [0.25, 0.3) is 0 Å². The molecule has 0 saturated heterocycles. The first-order valence-corrected chi connectivity index (χ1v) is 5.96. The summed E-state index contributed by atoms with van der Waals surface area (Å²) in [5, 5.41) is 21.8. The zero-order chi connectivity index (χ0) is 15.2. The van der Waals surface area contributed by atoms with E-state index in [4.69, 9.17) is 9.47 Å². The molecule has 21 heavy (non-hydrogen) atoms. The third-order valence-corrected chi connectivity index (χ3v) is 2.64. The Kier molecular flexibility index (Phi) is 4.40. The summed E-state index contributed by atoms with van der Waals surface area (Å²) in [7, 11) is 0. The van der Waals surface area contributed by atoms with Gasteiger partial charge in [-0.25, -0.2) is 0 Å². The summed E-state index contributed by atoms with van der Waals surface area (Å²) < 4.78 is 10.4. The standard InChI is InChI=1S/C15H12O6/c16-14(17)10-5-1-3-7-12(10)20-9-21-13-8-4-2-6-11(13)15(18)19/h1-8H,9H2,(H,16,17)(H,18,19)/p-2. The molecule has 0 aliphatic rings. The molecular weight excluding hydrogens is 276 g/mol. The molecule has 0 atom stereocenters. The normalized spacial score (nSPS) is 9.90. The van der Waals surface area contributed by atoms with E-state index >= 15 is 0 Å². The van der Waals surface area contributed by atoms with Gasteiger partial charge in [-0.2, -0.15) is 0 Å². The van der Waals surface area contributed by atoms with E-state index in [0.29, 0.717) is 0 Å². The highest BCUT2D eigenvalue weighted by Crippen LogP contribution is 2.19.